The molecule has 0 unspecified atom stereocenters. The molecule has 0 saturated heterocycles. The van der Waals surface area contributed by atoms with Crippen LogP contribution in [0.3, 0.4) is 0 Å². The number of rotatable bonds is 5. The second-order valence-electron chi connectivity index (χ2n) is 2.36. The third-order valence-corrected chi connectivity index (χ3v) is 3.67. The molecule has 0 fully saturated rings. The van der Waals surface area contributed by atoms with E-state index in [2.05, 4.69) is 4.98 Å². The molecule has 76 valence electrons. The molecule has 1 heterocycles. The molecule has 14 heavy (non-hydrogen) atoms. The minimum absolute atomic E-state index is 0.238. The lowest BCUT2D eigenvalue weighted by Crippen LogP contribution is -2.01. The normalized spacial score (nSPS) is 10.1. The predicted molar refractivity (Wildman–Crippen MR) is 58.6 cm³/mol. The topological polar surface area (TPSA) is 76.2 Å². The molecule has 0 spiro atoms. The molecule has 0 aromatic carbocycles. The summed E-state index contributed by atoms with van der Waals surface area (Å²) in [5, 5.41) is 9.36. The van der Waals surface area contributed by atoms with Crippen LogP contribution in [0.1, 0.15) is 10.4 Å². The molecular weight excluding hydrogens is 220 g/mol. The Morgan fingerprint density at radius 1 is 1.64 bits per heavy atom. The summed E-state index contributed by atoms with van der Waals surface area (Å²) in [4.78, 5) is 14.8. The van der Waals surface area contributed by atoms with Gasteiger partial charge in [-0.2, -0.15) is 0 Å². The van der Waals surface area contributed by atoms with Crippen molar-refractivity contribution in [2.75, 3.05) is 12.3 Å². The van der Waals surface area contributed by atoms with Crippen molar-refractivity contribution in [3.05, 3.63) is 23.9 Å². The summed E-state index contributed by atoms with van der Waals surface area (Å²) in [6, 6.07) is 3.15. The van der Waals surface area contributed by atoms with Crippen LogP contribution in [0.4, 0.5) is 0 Å². The van der Waals surface area contributed by atoms with Crippen molar-refractivity contribution >= 4 is 27.6 Å². The van der Waals surface area contributed by atoms with Gasteiger partial charge in [0.15, 0.2) is 0 Å². The van der Waals surface area contributed by atoms with Gasteiger partial charge in [0, 0.05) is 18.5 Å². The van der Waals surface area contributed by atoms with Gasteiger partial charge >= 0.3 is 5.97 Å². The van der Waals surface area contributed by atoms with Crippen LogP contribution in [-0.2, 0) is 0 Å². The molecule has 0 bridgehead atoms. The van der Waals surface area contributed by atoms with Crippen LogP contribution < -0.4 is 5.73 Å². The molecule has 0 aliphatic rings. The fourth-order valence-electron chi connectivity index (χ4n) is 0.766. The summed E-state index contributed by atoms with van der Waals surface area (Å²) in [5.41, 5.74) is 5.56. The standard InChI is InChI=1S/C8H10N2O2S2/c9-3-5-13-14-7-6(8(11)12)2-1-4-10-7/h1-2,4H,3,5,9H2,(H,11,12). The minimum atomic E-state index is -0.950. The lowest BCUT2D eigenvalue weighted by molar-refractivity contribution is 0.0692. The zero-order valence-electron chi connectivity index (χ0n) is 7.34. The van der Waals surface area contributed by atoms with Crippen LogP contribution >= 0.6 is 21.6 Å². The Labute approximate surface area is 89.7 Å². The second kappa shape index (κ2) is 5.90. The number of aromatic carboxylic acids is 1. The Kier molecular flexibility index (Phi) is 4.78. The summed E-state index contributed by atoms with van der Waals surface area (Å²) in [6.45, 7) is 0.576. The van der Waals surface area contributed by atoms with Crippen LogP contribution in [0.2, 0.25) is 0 Å². The first-order valence-electron chi connectivity index (χ1n) is 3.93. The highest BCUT2D eigenvalue weighted by Crippen LogP contribution is 2.31. The lowest BCUT2D eigenvalue weighted by Gasteiger charge is -2.02. The summed E-state index contributed by atoms with van der Waals surface area (Å²) in [5.74, 6) is -0.172. The number of carboxylic acid groups (broad SMARTS) is 1. The number of aromatic nitrogens is 1. The molecule has 0 amide bonds. The van der Waals surface area contributed by atoms with E-state index in [0.717, 1.165) is 5.75 Å². The number of nitrogens with two attached hydrogens (primary N) is 1. The molecule has 6 heteroatoms. The molecular formula is C8H10N2O2S2. The van der Waals surface area contributed by atoms with E-state index in [-0.39, 0.29) is 5.56 Å². The van der Waals surface area contributed by atoms with Gasteiger partial charge in [-0.25, -0.2) is 9.78 Å². The molecule has 0 atom stereocenters. The van der Waals surface area contributed by atoms with E-state index < -0.39 is 5.97 Å². The van der Waals surface area contributed by atoms with E-state index in [1.54, 1.807) is 18.3 Å². The lowest BCUT2D eigenvalue weighted by atomic mass is 10.3. The van der Waals surface area contributed by atoms with Gasteiger partial charge in [0.2, 0.25) is 0 Å². The van der Waals surface area contributed by atoms with Crippen molar-refractivity contribution in [2.45, 2.75) is 5.03 Å². The maximum Gasteiger partial charge on any atom is 0.338 e. The van der Waals surface area contributed by atoms with E-state index in [4.69, 9.17) is 10.8 Å². The van der Waals surface area contributed by atoms with Crippen LogP contribution in [0.15, 0.2) is 23.4 Å². The molecule has 1 aromatic rings. The maximum absolute atomic E-state index is 10.8. The summed E-state index contributed by atoms with van der Waals surface area (Å²) < 4.78 is 0. The first kappa shape index (κ1) is 11.4. The Balaban J connectivity index is 2.69. The molecule has 0 aliphatic carbocycles. The third-order valence-electron chi connectivity index (χ3n) is 1.34. The Hall–Kier alpha value is -0.720. The number of hydrogen-bond donors (Lipinski definition) is 2. The number of carbonyl (C=O) groups is 1. The van der Waals surface area contributed by atoms with Crippen LogP contribution in [0.5, 0.6) is 0 Å². The van der Waals surface area contributed by atoms with E-state index >= 15 is 0 Å². The minimum Gasteiger partial charge on any atom is -0.478 e. The van der Waals surface area contributed by atoms with Crippen molar-refractivity contribution in [1.29, 1.82) is 0 Å². The molecule has 0 aliphatic heterocycles. The fraction of sp³-hybridized carbons (Fsp3) is 0.250. The fourth-order valence-corrected chi connectivity index (χ4v) is 2.68. The van der Waals surface area contributed by atoms with Gasteiger partial charge in [-0.05, 0) is 22.9 Å². The Morgan fingerprint density at radius 3 is 3.07 bits per heavy atom. The van der Waals surface area contributed by atoms with Gasteiger partial charge in [-0.15, -0.1) is 0 Å². The number of hydrogen-bond acceptors (Lipinski definition) is 5. The number of nitrogens with zero attached hydrogens (tertiary/aromatic N) is 1. The van der Waals surface area contributed by atoms with Crippen molar-refractivity contribution in [2.24, 2.45) is 5.73 Å². The van der Waals surface area contributed by atoms with Crippen LogP contribution in [-0.4, -0.2) is 28.4 Å². The molecule has 3 N–H and O–H groups in total. The monoisotopic (exact) mass is 230 g/mol. The van der Waals surface area contributed by atoms with Crippen LogP contribution in [0, 0.1) is 0 Å². The maximum atomic E-state index is 10.8. The zero-order valence-corrected chi connectivity index (χ0v) is 8.98. The SMILES string of the molecule is NCCSSc1ncccc1C(=O)O. The van der Waals surface area contributed by atoms with Gasteiger partial charge in [0.05, 0.1) is 5.56 Å². The third kappa shape index (κ3) is 3.21. The zero-order chi connectivity index (χ0) is 10.4. The summed E-state index contributed by atoms with van der Waals surface area (Å²) in [6.07, 6.45) is 1.58. The summed E-state index contributed by atoms with van der Waals surface area (Å²) in [7, 11) is 2.85. The Bertz CT molecular complexity index is 320. The van der Waals surface area contributed by atoms with Gasteiger partial charge in [0.25, 0.3) is 0 Å². The second-order valence-corrected chi connectivity index (χ2v) is 4.76. The molecule has 4 nitrogen and oxygen atoms in total. The van der Waals surface area contributed by atoms with E-state index in [1.165, 1.54) is 21.6 Å². The average molecular weight is 230 g/mol. The van der Waals surface area contributed by atoms with Crippen molar-refractivity contribution in [1.82, 2.24) is 4.98 Å². The highest BCUT2D eigenvalue weighted by molar-refractivity contribution is 8.76. The largest absolute Gasteiger partial charge is 0.478 e. The number of pyridine rings is 1. The van der Waals surface area contributed by atoms with Gasteiger partial charge < -0.3 is 10.8 Å². The number of carboxylic acids is 1. The molecule has 1 aromatic heterocycles. The van der Waals surface area contributed by atoms with Gasteiger partial charge in [-0.1, -0.05) is 10.8 Å². The Morgan fingerprint density at radius 2 is 2.43 bits per heavy atom. The highest BCUT2D eigenvalue weighted by Gasteiger charge is 2.10. The van der Waals surface area contributed by atoms with E-state index in [9.17, 15) is 4.79 Å². The van der Waals surface area contributed by atoms with E-state index in [0.29, 0.717) is 11.6 Å². The first-order chi connectivity index (χ1) is 6.75. The van der Waals surface area contributed by atoms with Crippen molar-refractivity contribution in [3.63, 3.8) is 0 Å². The quantitative estimate of drug-likeness (QED) is 0.589. The van der Waals surface area contributed by atoms with Crippen LogP contribution in [0.25, 0.3) is 0 Å². The van der Waals surface area contributed by atoms with Crippen molar-refractivity contribution < 1.29 is 9.90 Å². The first-order valence-corrected chi connectivity index (χ1v) is 6.25. The molecule has 0 radical (unpaired) electrons. The molecule has 1 rings (SSSR count). The van der Waals surface area contributed by atoms with Gasteiger partial charge in [0.1, 0.15) is 5.03 Å². The smallest absolute Gasteiger partial charge is 0.338 e. The predicted octanol–water partition coefficient (Wildman–Crippen LogP) is 1.48. The average Bonchev–Trinajstić information content (AvgIpc) is 2.19. The highest BCUT2D eigenvalue weighted by atomic mass is 33.1. The van der Waals surface area contributed by atoms with Gasteiger partial charge in [-0.3, -0.25) is 0 Å². The summed E-state index contributed by atoms with van der Waals surface area (Å²) >= 11 is 0. The van der Waals surface area contributed by atoms with Crippen molar-refractivity contribution in [3.8, 4) is 0 Å². The molecule has 0 saturated carbocycles. The van der Waals surface area contributed by atoms with E-state index in [1.807, 2.05) is 0 Å².